The van der Waals surface area contributed by atoms with E-state index in [1.165, 1.54) is 12.1 Å². The van der Waals surface area contributed by atoms with Gasteiger partial charge in [0.1, 0.15) is 11.9 Å². The molecule has 1 aromatic carbocycles. The predicted molar refractivity (Wildman–Crippen MR) is 70.7 cm³/mol. The van der Waals surface area contributed by atoms with Gasteiger partial charge in [-0.2, -0.15) is 5.10 Å². The number of halogens is 2. The second-order valence-electron chi connectivity index (χ2n) is 4.05. The molecule has 0 fully saturated rings. The van der Waals surface area contributed by atoms with E-state index in [2.05, 4.69) is 21.0 Å². The summed E-state index contributed by atoms with van der Waals surface area (Å²) >= 11 is 3.38. The lowest BCUT2D eigenvalue weighted by atomic mass is 10.1. The first kappa shape index (κ1) is 13.2. The molecule has 0 amide bonds. The Labute approximate surface area is 113 Å². The van der Waals surface area contributed by atoms with Crippen LogP contribution in [-0.2, 0) is 6.54 Å². The monoisotopic (exact) mass is 312 g/mol. The van der Waals surface area contributed by atoms with Gasteiger partial charge in [0.25, 0.3) is 0 Å². The Bertz CT molecular complexity index is 524. The first-order valence-corrected chi connectivity index (χ1v) is 6.57. The topological polar surface area (TPSA) is 38.0 Å². The molecule has 5 heteroatoms. The van der Waals surface area contributed by atoms with Crippen molar-refractivity contribution in [2.45, 2.75) is 26.0 Å². The van der Waals surface area contributed by atoms with Gasteiger partial charge in [-0.05, 0) is 40.0 Å². The fourth-order valence-corrected chi connectivity index (χ4v) is 2.35. The van der Waals surface area contributed by atoms with Crippen LogP contribution in [0.4, 0.5) is 4.39 Å². The molecule has 2 aromatic rings. The summed E-state index contributed by atoms with van der Waals surface area (Å²) in [5.41, 5.74) is 1.35. The van der Waals surface area contributed by atoms with E-state index >= 15 is 0 Å². The van der Waals surface area contributed by atoms with E-state index in [1.807, 2.05) is 6.92 Å². The number of hydrogen-bond acceptors (Lipinski definition) is 2. The average molecular weight is 313 g/mol. The van der Waals surface area contributed by atoms with Crippen LogP contribution in [0.3, 0.4) is 0 Å². The van der Waals surface area contributed by atoms with Crippen LogP contribution in [0.25, 0.3) is 0 Å². The van der Waals surface area contributed by atoms with Gasteiger partial charge in [-0.1, -0.05) is 19.1 Å². The van der Waals surface area contributed by atoms with Crippen LogP contribution in [0.2, 0.25) is 0 Å². The molecule has 1 N–H and O–H groups in total. The molecule has 3 nitrogen and oxygen atoms in total. The molecule has 0 saturated carbocycles. The number of hydrogen-bond donors (Lipinski definition) is 1. The third-order valence-corrected chi connectivity index (χ3v) is 3.32. The first-order valence-electron chi connectivity index (χ1n) is 5.78. The molecule has 96 valence electrons. The van der Waals surface area contributed by atoms with Gasteiger partial charge >= 0.3 is 0 Å². The minimum atomic E-state index is -0.811. The van der Waals surface area contributed by atoms with Gasteiger partial charge in [0.05, 0.1) is 16.4 Å². The highest BCUT2D eigenvalue weighted by molar-refractivity contribution is 9.10. The first-order chi connectivity index (χ1) is 8.63. The molecule has 0 bridgehead atoms. The number of aromatic nitrogens is 2. The van der Waals surface area contributed by atoms with Crippen LogP contribution in [0.15, 0.2) is 34.9 Å². The SMILES string of the molecule is CCCn1ncc(Br)c1C(O)c1ccc(F)cc1. The summed E-state index contributed by atoms with van der Waals surface area (Å²) < 4.78 is 15.4. The molecule has 0 aliphatic carbocycles. The highest BCUT2D eigenvalue weighted by atomic mass is 79.9. The molecule has 2 rings (SSSR count). The van der Waals surface area contributed by atoms with Crippen molar-refractivity contribution in [2.75, 3.05) is 0 Å². The molecule has 0 aliphatic heterocycles. The maximum absolute atomic E-state index is 12.9. The van der Waals surface area contributed by atoms with Gasteiger partial charge in [-0.3, -0.25) is 4.68 Å². The molecule has 1 aromatic heterocycles. The summed E-state index contributed by atoms with van der Waals surface area (Å²) in [6.07, 6.45) is 1.78. The van der Waals surface area contributed by atoms with Gasteiger partial charge in [0.15, 0.2) is 0 Å². The molecular formula is C13H14BrFN2O. The van der Waals surface area contributed by atoms with E-state index in [1.54, 1.807) is 23.0 Å². The molecule has 18 heavy (non-hydrogen) atoms. The van der Waals surface area contributed by atoms with Crippen molar-refractivity contribution in [3.8, 4) is 0 Å². The van der Waals surface area contributed by atoms with E-state index in [0.717, 1.165) is 17.4 Å². The van der Waals surface area contributed by atoms with Crippen LogP contribution < -0.4 is 0 Å². The van der Waals surface area contributed by atoms with Gasteiger partial charge < -0.3 is 5.11 Å². The fourth-order valence-electron chi connectivity index (χ4n) is 1.84. The smallest absolute Gasteiger partial charge is 0.123 e. The zero-order chi connectivity index (χ0) is 13.1. The maximum Gasteiger partial charge on any atom is 0.123 e. The van der Waals surface area contributed by atoms with Gasteiger partial charge in [-0.25, -0.2) is 4.39 Å². The molecule has 0 aliphatic rings. The molecule has 1 unspecified atom stereocenters. The Morgan fingerprint density at radius 3 is 2.67 bits per heavy atom. The van der Waals surface area contributed by atoms with Crippen molar-refractivity contribution in [1.29, 1.82) is 0 Å². The average Bonchev–Trinajstić information content (AvgIpc) is 2.71. The van der Waals surface area contributed by atoms with Crippen LogP contribution in [0.1, 0.15) is 30.7 Å². The molecule has 0 radical (unpaired) electrons. The van der Waals surface area contributed by atoms with Crippen molar-refractivity contribution in [3.63, 3.8) is 0 Å². The Hall–Kier alpha value is -1.20. The van der Waals surface area contributed by atoms with E-state index in [-0.39, 0.29) is 5.82 Å². The number of aliphatic hydroxyl groups excluding tert-OH is 1. The molecule has 0 spiro atoms. The lowest BCUT2D eigenvalue weighted by molar-refractivity contribution is 0.206. The Balaban J connectivity index is 2.35. The molecule has 1 heterocycles. The van der Waals surface area contributed by atoms with Gasteiger partial charge in [-0.15, -0.1) is 0 Å². The Morgan fingerprint density at radius 1 is 1.39 bits per heavy atom. The largest absolute Gasteiger partial charge is 0.382 e. The predicted octanol–water partition coefficient (Wildman–Crippen LogP) is 3.28. The van der Waals surface area contributed by atoms with Crippen molar-refractivity contribution in [1.82, 2.24) is 9.78 Å². The molecular weight excluding hydrogens is 299 g/mol. The van der Waals surface area contributed by atoms with E-state index in [4.69, 9.17) is 0 Å². The normalized spacial score (nSPS) is 12.7. The number of nitrogens with zero attached hydrogens (tertiary/aromatic N) is 2. The molecule has 0 saturated heterocycles. The van der Waals surface area contributed by atoms with Crippen molar-refractivity contribution >= 4 is 15.9 Å². The van der Waals surface area contributed by atoms with Crippen LogP contribution in [-0.4, -0.2) is 14.9 Å². The highest BCUT2D eigenvalue weighted by Gasteiger charge is 2.19. The van der Waals surface area contributed by atoms with Crippen molar-refractivity contribution < 1.29 is 9.50 Å². The van der Waals surface area contributed by atoms with Crippen molar-refractivity contribution in [2.24, 2.45) is 0 Å². The van der Waals surface area contributed by atoms with Crippen LogP contribution in [0.5, 0.6) is 0 Å². The lowest BCUT2D eigenvalue weighted by Gasteiger charge is -2.14. The van der Waals surface area contributed by atoms with Gasteiger partial charge in [0, 0.05) is 6.54 Å². The summed E-state index contributed by atoms with van der Waals surface area (Å²) in [7, 11) is 0. The third-order valence-electron chi connectivity index (χ3n) is 2.71. The number of rotatable bonds is 4. The van der Waals surface area contributed by atoms with E-state index in [0.29, 0.717) is 11.3 Å². The summed E-state index contributed by atoms with van der Waals surface area (Å²) in [4.78, 5) is 0. The maximum atomic E-state index is 12.9. The zero-order valence-electron chi connectivity index (χ0n) is 9.98. The second-order valence-corrected chi connectivity index (χ2v) is 4.91. The fraction of sp³-hybridized carbons (Fsp3) is 0.308. The summed E-state index contributed by atoms with van der Waals surface area (Å²) in [5.74, 6) is -0.313. The molecule has 1 atom stereocenters. The third kappa shape index (κ3) is 2.62. The Kier molecular flexibility index (Phi) is 4.14. The quantitative estimate of drug-likeness (QED) is 0.941. The summed E-state index contributed by atoms with van der Waals surface area (Å²) in [6.45, 7) is 2.78. The summed E-state index contributed by atoms with van der Waals surface area (Å²) in [6, 6.07) is 5.84. The van der Waals surface area contributed by atoms with Crippen LogP contribution in [0, 0.1) is 5.82 Å². The lowest BCUT2D eigenvalue weighted by Crippen LogP contribution is -2.10. The standard InChI is InChI=1S/C13H14BrFN2O/c1-2-7-17-12(11(14)8-16-17)13(18)9-3-5-10(15)6-4-9/h3-6,8,13,18H,2,7H2,1H3. The van der Waals surface area contributed by atoms with E-state index < -0.39 is 6.10 Å². The Morgan fingerprint density at radius 2 is 2.06 bits per heavy atom. The highest BCUT2D eigenvalue weighted by Crippen LogP contribution is 2.28. The number of aliphatic hydroxyl groups is 1. The second kappa shape index (κ2) is 5.63. The minimum absolute atomic E-state index is 0.313. The zero-order valence-corrected chi connectivity index (χ0v) is 11.6. The summed E-state index contributed by atoms with van der Waals surface area (Å²) in [5, 5.41) is 14.6. The van der Waals surface area contributed by atoms with Gasteiger partial charge in [0.2, 0.25) is 0 Å². The van der Waals surface area contributed by atoms with E-state index in [9.17, 15) is 9.50 Å². The van der Waals surface area contributed by atoms with Crippen LogP contribution >= 0.6 is 15.9 Å². The van der Waals surface area contributed by atoms with Crippen molar-refractivity contribution in [3.05, 3.63) is 52.0 Å². The number of aryl methyl sites for hydroxylation is 1. The number of benzene rings is 1. The minimum Gasteiger partial charge on any atom is -0.382 e.